The van der Waals surface area contributed by atoms with Crippen molar-refractivity contribution in [3.63, 3.8) is 0 Å². The van der Waals surface area contributed by atoms with Crippen LogP contribution in [0.1, 0.15) is 5.56 Å². The second kappa shape index (κ2) is 6.76. The van der Waals surface area contributed by atoms with Gasteiger partial charge in [-0.3, -0.25) is 4.79 Å². The van der Waals surface area contributed by atoms with E-state index in [1.54, 1.807) is 6.08 Å². The molecular weight excluding hydrogens is 322 g/mol. The molecule has 0 unspecified atom stereocenters. The fourth-order valence-electron chi connectivity index (χ4n) is 2.63. The first-order chi connectivity index (χ1) is 12.3. The van der Waals surface area contributed by atoms with Gasteiger partial charge in [-0.2, -0.15) is 0 Å². The molecule has 1 amide bonds. The van der Waals surface area contributed by atoms with Gasteiger partial charge in [0.25, 0.3) is 0 Å². The lowest BCUT2D eigenvalue weighted by Gasteiger charge is -2.26. The van der Waals surface area contributed by atoms with Gasteiger partial charge in [0.2, 0.25) is 12.7 Å². The lowest BCUT2D eigenvalue weighted by Crippen LogP contribution is -2.40. The number of amides is 1. The van der Waals surface area contributed by atoms with Gasteiger partial charge in [0.15, 0.2) is 23.0 Å². The molecule has 1 atom stereocenters. The molecule has 6 nitrogen and oxygen atoms in total. The number of hydrogen-bond acceptors (Lipinski definition) is 5. The van der Waals surface area contributed by atoms with Crippen LogP contribution in [0.2, 0.25) is 0 Å². The molecule has 2 aliphatic heterocycles. The number of hydrogen-bond donors (Lipinski definition) is 1. The van der Waals surface area contributed by atoms with Gasteiger partial charge in [-0.05, 0) is 35.9 Å². The monoisotopic (exact) mass is 339 g/mol. The highest BCUT2D eigenvalue weighted by molar-refractivity contribution is 5.91. The summed E-state index contributed by atoms with van der Waals surface area (Å²) in [5.74, 6) is 2.64. The van der Waals surface area contributed by atoms with E-state index in [1.807, 2.05) is 42.5 Å². The standard InChI is InChI=1S/C19H17NO5/c21-19(8-6-13-5-7-16-18(9-13)24-12-23-16)20-10-14-11-22-15-3-1-2-4-17(15)25-14/h1-9,14H,10-12H2,(H,20,21)/b8-6+/t14-/m0/s1. The quantitative estimate of drug-likeness (QED) is 0.867. The highest BCUT2D eigenvalue weighted by atomic mass is 16.7. The molecule has 2 aromatic rings. The molecule has 0 radical (unpaired) electrons. The van der Waals surface area contributed by atoms with Crippen LogP contribution in [-0.4, -0.2) is 32.0 Å². The molecule has 4 rings (SSSR count). The maximum atomic E-state index is 12.0. The first-order valence-electron chi connectivity index (χ1n) is 8.02. The van der Waals surface area contributed by atoms with Crippen LogP contribution in [0.15, 0.2) is 48.5 Å². The lowest BCUT2D eigenvalue weighted by atomic mass is 10.2. The van der Waals surface area contributed by atoms with E-state index in [4.69, 9.17) is 18.9 Å². The van der Waals surface area contributed by atoms with Crippen molar-refractivity contribution in [3.8, 4) is 23.0 Å². The van der Waals surface area contributed by atoms with Gasteiger partial charge in [-0.15, -0.1) is 0 Å². The number of ether oxygens (including phenoxy) is 4. The Balaban J connectivity index is 1.29. The molecule has 0 saturated carbocycles. The number of nitrogens with one attached hydrogen (secondary N) is 1. The van der Waals surface area contributed by atoms with E-state index in [0.717, 1.165) is 17.1 Å². The summed E-state index contributed by atoms with van der Waals surface area (Å²) in [7, 11) is 0. The minimum atomic E-state index is -0.210. The van der Waals surface area contributed by atoms with Crippen molar-refractivity contribution in [2.24, 2.45) is 0 Å². The zero-order valence-electron chi connectivity index (χ0n) is 13.4. The second-order valence-electron chi connectivity index (χ2n) is 5.69. The number of carbonyl (C=O) groups excluding carboxylic acids is 1. The molecule has 2 heterocycles. The van der Waals surface area contributed by atoms with E-state index < -0.39 is 0 Å². The third-order valence-electron chi connectivity index (χ3n) is 3.90. The van der Waals surface area contributed by atoms with Crippen LogP contribution in [-0.2, 0) is 4.79 Å². The first kappa shape index (κ1) is 15.4. The number of fused-ring (bicyclic) bond motifs is 2. The zero-order valence-corrected chi connectivity index (χ0v) is 13.4. The second-order valence-corrected chi connectivity index (χ2v) is 5.69. The van der Waals surface area contributed by atoms with Crippen molar-refractivity contribution in [1.82, 2.24) is 5.32 Å². The predicted molar refractivity (Wildman–Crippen MR) is 91.0 cm³/mol. The van der Waals surface area contributed by atoms with Crippen molar-refractivity contribution >= 4 is 12.0 Å². The van der Waals surface area contributed by atoms with Crippen molar-refractivity contribution in [1.29, 1.82) is 0 Å². The van der Waals surface area contributed by atoms with Crippen LogP contribution in [0.5, 0.6) is 23.0 Å². The average Bonchev–Trinajstić information content (AvgIpc) is 3.12. The smallest absolute Gasteiger partial charge is 0.244 e. The molecule has 0 fully saturated rings. The Morgan fingerprint density at radius 2 is 1.84 bits per heavy atom. The van der Waals surface area contributed by atoms with Crippen LogP contribution < -0.4 is 24.3 Å². The average molecular weight is 339 g/mol. The summed E-state index contributed by atoms with van der Waals surface area (Å²) in [6.45, 7) is 1.01. The fourth-order valence-corrected chi connectivity index (χ4v) is 2.63. The Morgan fingerprint density at radius 1 is 1.04 bits per heavy atom. The normalized spacial score (nSPS) is 17.5. The molecule has 128 valence electrons. The molecule has 2 aromatic carbocycles. The van der Waals surface area contributed by atoms with Gasteiger partial charge in [-0.25, -0.2) is 0 Å². The zero-order chi connectivity index (χ0) is 17.1. The minimum Gasteiger partial charge on any atom is -0.486 e. The van der Waals surface area contributed by atoms with Crippen LogP contribution in [0.4, 0.5) is 0 Å². The molecule has 25 heavy (non-hydrogen) atoms. The molecule has 0 spiro atoms. The summed E-state index contributed by atoms with van der Waals surface area (Å²) in [5.41, 5.74) is 0.866. The minimum absolute atomic E-state index is 0.194. The Bertz CT molecular complexity index is 817. The number of benzene rings is 2. The van der Waals surface area contributed by atoms with E-state index in [-0.39, 0.29) is 18.8 Å². The summed E-state index contributed by atoms with van der Waals surface area (Å²) in [4.78, 5) is 12.0. The summed E-state index contributed by atoms with van der Waals surface area (Å²) in [5, 5.41) is 2.82. The molecule has 0 bridgehead atoms. The lowest BCUT2D eigenvalue weighted by molar-refractivity contribution is -0.116. The third-order valence-corrected chi connectivity index (χ3v) is 3.90. The predicted octanol–water partition coefficient (Wildman–Crippen LogP) is 2.38. The molecular formula is C19H17NO5. The van der Waals surface area contributed by atoms with Crippen molar-refractivity contribution in [3.05, 3.63) is 54.1 Å². The maximum Gasteiger partial charge on any atom is 0.244 e. The van der Waals surface area contributed by atoms with Gasteiger partial charge < -0.3 is 24.3 Å². The van der Waals surface area contributed by atoms with Crippen LogP contribution in [0, 0.1) is 0 Å². The van der Waals surface area contributed by atoms with E-state index in [1.165, 1.54) is 6.08 Å². The molecule has 0 aliphatic carbocycles. The highest BCUT2D eigenvalue weighted by Crippen LogP contribution is 2.33. The topological polar surface area (TPSA) is 66.0 Å². The highest BCUT2D eigenvalue weighted by Gasteiger charge is 2.20. The Labute approximate surface area is 145 Å². The van der Waals surface area contributed by atoms with Gasteiger partial charge in [0.1, 0.15) is 12.7 Å². The molecule has 6 heteroatoms. The largest absolute Gasteiger partial charge is 0.486 e. The van der Waals surface area contributed by atoms with Crippen molar-refractivity contribution in [2.45, 2.75) is 6.10 Å². The summed E-state index contributed by atoms with van der Waals surface area (Å²) in [6, 6.07) is 13.0. The van der Waals surface area contributed by atoms with E-state index >= 15 is 0 Å². The summed E-state index contributed by atoms with van der Waals surface area (Å²) < 4.78 is 22.0. The number of carbonyl (C=O) groups is 1. The van der Waals surface area contributed by atoms with Gasteiger partial charge in [0, 0.05) is 6.08 Å². The SMILES string of the molecule is O=C(/C=C/c1ccc2c(c1)OCO2)NC[C@H]1COc2ccccc2O1. The van der Waals surface area contributed by atoms with E-state index in [0.29, 0.717) is 24.7 Å². The third kappa shape index (κ3) is 3.52. The fraction of sp³-hybridized carbons (Fsp3) is 0.211. The van der Waals surface area contributed by atoms with Crippen LogP contribution >= 0.6 is 0 Å². The Morgan fingerprint density at radius 3 is 2.76 bits per heavy atom. The maximum absolute atomic E-state index is 12.0. The Hall–Kier alpha value is -3.15. The number of rotatable bonds is 4. The molecule has 1 N–H and O–H groups in total. The van der Waals surface area contributed by atoms with E-state index in [9.17, 15) is 4.79 Å². The number of para-hydroxylation sites is 2. The summed E-state index contributed by atoms with van der Waals surface area (Å²) >= 11 is 0. The van der Waals surface area contributed by atoms with Gasteiger partial charge >= 0.3 is 0 Å². The van der Waals surface area contributed by atoms with Crippen LogP contribution in [0.25, 0.3) is 6.08 Å². The van der Waals surface area contributed by atoms with Crippen molar-refractivity contribution < 1.29 is 23.7 Å². The Kier molecular flexibility index (Phi) is 4.16. The molecule has 0 saturated heterocycles. The van der Waals surface area contributed by atoms with Crippen molar-refractivity contribution in [2.75, 3.05) is 19.9 Å². The van der Waals surface area contributed by atoms with Crippen LogP contribution in [0.3, 0.4) is 0 Å². The van der Waals surface area contributed by atoms with Gasteiger partial charge in [0.05, 0.1) is 6.54 Å². The first-order valence-corrected chi connectivity index (χ1v) is 8.02. The summed E-state index contributed by atoms with van der Waals surface area (Å²) in [6.07, 6.45) is 3.00. The van der Waals surface area contributed by atoms with E-state index in [2.05, 4.69) is 5.32 Å². The molecule has 2 aliphatic rings. The molecule has 0 aromatic heterocycles. The van der Waals surface area contributed by atoms with Gasteiger partial charge in [-0.1, -0.05) is 18.2 Å².